The smallest absolute Gasteiger partial charge is 0.315 e. The second-order valence-electron chi connectivity index (χ2n) is 3.92. The molecule has 4 nitrogen and oxygen atoms in total. The summed E-state index contributed by atoms with van der Waals surface area (Å²) in [6.07, 6.45) is 0. The van der Waals surface area contributed by atoms with Crippen molar-refractivity contribution in [2.24, 2.45) is 0 Å². The minimum atomic E-state index is 0.348. The van der Waals surface area contributed by atoms with Crippen LogP contribution in [-0.2, 0) is 0 Å². The van der Waals surface area contributed by atoms with Gasteiger partial charge >= 0.3 is 6.01 Å². The first-order valence-electron chi connectivity index (χ1n) is 5.73. The predicted molar refractivity (Wildman–Crippen MR) is 74.5 cm³/mol. The van der Waals surface area contributed by atoms with Crippen molar-refractivity contribution < 1.29 is 4.52 Å². The van der Waals surface area contributed by atoms with Gasteiger partial charge in [0.1, 0.15) is 0 Å². The van der Waals surface area contributed by atoms with Crippen LogP contribution in [0, 0.1) is 0 Å². The first-order chi connectivity index (χ1) is 9.31. The minimum Gasteiger partial charge on any atom is -0.315 e. The molecule has 0 saturated heterocycles. The lowest BCUT2D eigenvalue weighted by molar-refractivity contribution is 0.435. The summed E-state index contributed by atoms with van der Waals surface area (Å²) in [4.78, 5) is 4.28. The van der Waals surface area contributed by atoms with E-state index in [1.165, 1.54) is 0 Å². The molecule has 5 heteroatoms. The van der Waals surface area contributed by atoms with E-state index in [4.69, 9.17) is 16.1 Å². The molecule has 1 heterocycles. The molecule has 3 rings (SSSR count). The minimum absolute atomic E-state index is 0.348. The Morgan fingerprint density at radius 1 is 0.947 bits per heavy atom. The third-order valence-corrected chi connectivity index (χ3v) is 2.81. The fraction of sp³-hybridized carbons (Fsp3) is 0. The number of halogens is 1. The quantitative estimate of drug-likeness (QED) is 0.778. The molecule has 2 aromatic carbocycles. The van der Waals surface area contributed by atoms with E-state index in [1.807, 2.05) is 42.5 Å². The third-order valence-electron chi connectivity index (χ3n) is 2.55. The number of nitrogens with zero attached hydrogens (tertiary/aromatic N) is 2. The van der Waals surface area contributed by atoms with Gasteiger partial charge in [-0.2, -0.15) is 4.98 Å². The highest BCUT2D eigenvalue weighted by Gasteiger charge is 2.07. The largest absolute Gasteiger partial charge is 0.326 e. The van der Waals surface area contributed by atoms with E-state index < -0.39 is 0 Å². The van der Waals surface area contributed by atoms with Gasteiger partial charge in [0.05, 0.1) is 0 Å². The molecule has 0 amide bonds. The highest BCUT2D eigenvalue weighted by Crippen LogP contribution is 2.21. The first kappa shape index (κ1) is 11.7. The number of benzene rings is 2. The molecule has 0 fully saturated rings. The van der Waals surface area contributed by atoms with Crippen LogP contribution in [-0.4, -0.2) is 10.1 Å². The van der Waals surface area contributed by atoms with Crippen molar-refractivity contribution in [3.05, 3.63) is 59.6 Å². The summed E-state index contributed by atoms with van der Waals surface area (Å²) in [5.74, 6) is 0.553. The van der Waals surface area contributed by atoms with Crippen LogP contribution in [0.1, 0.15) is 0 Å². The van der Waals surface area contributed by atoms with E-state index in [-0.39, 0.29) is 0 Å². The zero-order valence-corrected chi connectivity index (χ0v) is 10.6. The summed E-state index contributed by atoms with van der Waals surface area (Å²) in [5.41, 5.74) is 1.75. The summed E-state index contributed by atoms with van der Waals surface area (Å²) >= 11 is 5.82. The van der Waals surface area contributed by atoms with Crippen LogP contribution in [0.3, 0.4) is 0 Å². The highest BCUT2D eigenvalue weighted by atomic mass is 35.5. The van der Waals surface area contributed by atoms with Gasteiger partial charge in [0, 0.05) is 16.3 Å². The van der Waals surface area contributed by atoms with Gasteiger partial charge in [0.2, 0.25) is 5.82 Å². The second kappa shape index (κ2) is 5.12. The normalized spacial score (nSPS) is 10.4. The number of hydrogen-bond acceptors (Lipinski definition) is 4. The fourth-order valence-corrected chi connectivity index (χ4v) is 1.76. The van der Waals surface area contributed by atoms with Gasteiger partial charge in [-0.05, 0) is 24.3 Å². The van der Waals surface area contributed by atoms with E-state index in [1.54, 1.807) is 12.1 Å². The maximum absolute atomic E-state index is 5.82. The topological polar surface area (TPSA) is 51.0 Å². The Morgan fingerprint density at radius 3 is 2.42 bits per heavy atom. The molecule has 3 aromatic rings. The zero-order valence-electron chi connectivity index (χ0n) is 9.88. The molecule has 1 aromatic heterocycles. The molecule has 0 radical (unpaired) electrons. The Kier molecular flexibility index (Phi) is 3.16. The number of aromatic nitrogens is 2. The molecule has 94 valence electrons. The van der Waals surface area contributed by atoms with Crippen LogP contribution in [0.25, 0.3) is 11.4 Å². The van der Waals surface area contributed by atoms with Gasteiger partial charge in [-0.15, -0.1) is 0 Å². The van der Waals surface area contributed by atoms with Gasteiger partial charge in [-0.1, -0.05) is 47.1 Å². The van der Waals surface area contributed by atoms with Crippen LogP contribution in [0.15, 0.2) is 59.1 Å². The van der Waals surface area contributed by atoms with E-state index in [2.05, 4.69) is 15.5 Å². The number of rotatable bonds is 3. The van der Waals surface area contributed by atoms with Crippen molar-refractivity contribution in [3.63, 3.8) is 0 Å². The van der Waals surface area contributed by atoms with Gasteiger partial charge in [-0.3, -0.25) is 0 Å². The van der Waals surface area contributed by atoms with Crippen molar-refractivity contribution in [3.8, 4) is 11.4 Å². The average Bonchev–Trinajstić information content (AvgIpc) is 2.91. The molecule has 19 heavy (non-hydrogen) atoms. The summed E-state index contributed by atoms with van der Waals surface area (Å²) in [6.45, 7) is 0. The molecule has 0 bridgehead atoms. The molecule has 0 saturated carbocycles. The number of hydrogen-bond donors (Lipinski definition) is 1. The Labute approximate surface area is 115 Å². The van der Waals surface area contributed by atoms with E-state index in [0.29, 0.717) is 16.9 Å². The van der Waals surface area contributed by atoms with E-state index >= 15 is 0 Å². The van der Waals surface area contributed by atoms with Gasteiger partial charge in [0.25, 0.3) is 0 Å². The van der Waals surface area contributed by atoms with E-state index in [0.717, 1.165) is 11.3 Å². The summed E-state index contributed by atoms with van der Waals surface area (Å²) in [7, 11) is 0. The third kappa shape index (κ3) is 2.74. The molecule has 0 spiro atoms. The van der Waals surface area contributed by atoms with Crippen LogP contribution in [0.2, 0.25) is 5.02 Å². The highest BCUT2D eigenvalue weighted by molar-refractivity contribution is 6.30. The summed E-state index contributed by atoms with van der Waals surface area (Å²) in [5, 5.41) is 7.63. The molecule has 0 aliphatic rings. The maximum atomic E-state index is 5.82. The molecular formula is C14H10ClN3O. The Morgan fingerprint density at radius 2 is 1.68 bits per heavy atom. The standard InChI is InChI=1S/C14H10ClN3O/c15-11-6-8-12(9-7-11)16-14-17-13(18-19-14)10-4-2-1-3-5-10/h1-9H,(H,16,17,18). The maximum Gasteiger partial charge on any atom is 0.326 e. The van der Waals surface area contributed by atoms with Crippen molar-refractivity contribution >= 4 is 23.3 Å². The second-order valence-corrected chi connectivity index (χ2v) is 4.36. The zero-order chi connectivity index (χ0) is 13.1. The van der Waals surface area contributed by atoms with Gasteiger partial charge in [0.15, 0.2) is 0 Å². The molecule has 0 aliphatic heterocycles. The number of anilines is 2. The molecule has 0 aliphatic carbocycles. The lowest BCUT2D eigenvalue weighted by atomic mass is 10.2. The summed E-state index contributed by atoms with van der Waals surface area (Å²) in [6, 6.07) is 17.3. The van der Waals surface area contributed by atoms with Crippen LogP contribution >= 0.6 is 11.6 Å². The fourth-order valence-electron chi connectivity index (χ4n) is 1.64. The van der Waals surface area contributed by atoms with Crippen LogP contribution in [0.4, 0.5) is 11.7 Å². The molecule has 0 unspecified atom stereocenters. The molecular weight excluding hydrogens is 262 g/mol. The van der Waals surface area contributed by atoms with Gasteiger partial charge < -0.3 is 9.84 Å². The molecule has 1 N–H and O–H groups in total. The predicted octanol–water partition coefficient (Wildman–Crippen LogP) is 4.13. The Hall–Kier alpha value is -2.33. The lowest BCUT2D eigenvalue weighted by Crippen LogP contribution is -1.89. The van der Waals surface area contributed by atoms with E-state index in [9.17, 15) is 0 Å². The van der Waals surface area contributed by atoms with Gasteiger partial charge in [-0.25, -0.2) is 0 Å². The average molecular weight is 272 g/mol. The first-order valence-corrected chi connectivity index (χ1v) is 6.11. The molecule has 0 atom stereocenters. The lowest BCUT2D eigenvalue weighted by Gasteiger charge is -1.99. The number of nitrogens with one attached hydrogen (secondary N) is 1. The van der Waals surface area contributed by atoms with Crippen molar-refractivity contribution in [1.29, 1.82) is 0 Å². The monoisotopic (exact) mass is 271 g/mol. The van der Waals surface area contributed by atoms with Crippen LogP contribution < -0.4 is 5.32 Å². The van der Waals surface area contributed by atoms with Crippen molar-refractivity contribution in [2.75, 3.05) is 5.32 Å². The Balaban J connectivity index is 1.80. The Bertz CT molecular complexity index is 665. The van der Waals surface area contributed by atoms with Crippen molar-refractivity contribution in [1.82, 2.24) is 10.1 Å². The van der Waals surface area contributed by atoms with Crippen molar-refractivity contribution in [2.45, 2.75) is 0 Å². The summed E-state index contributed by atoms with van der Waals surface area (Å²) < 4.78 is 5.15. The van der Waals surface area contributed by atoms with Crippen LogP contribution in [0.5, 0.6) is 0 Å². The SMILES string of the molecule is Clc1ccc(Nc2nc(-c3ccccc3)no2)cc1.